The molecule has 10 heteroatoms. The van der Waals surface area contributed by atoms with Crippen molar-refractivity contribution in [3.8, 4) is 0 Å². The van der Waals surface area contributed by atoms with E-state index in [0.29, 0.717) is 6.42 Å². The van der Waals surface area contributed by atoms with Crippen LogP contribution in [0.5, 0.6) is 0 Å². The van der Waals surface area contributed by atoms with Crippen LogP contribution in [0, 0.1) is 27.2 Å². The Morgan fingerprint density at radius 1 is 0.658 bits per heavy atom. The molecule has 196 valence electrons. The minimum atomic E-state index is -3.94. The molecule has 0 fully saturated rings. The summed E-state index contributed by atoms with van der Waals surface area (Å²) in [5.41, 5.74) is 3.16. The van der Waals surface area contributed by atoms with Crippen LogP contribution in [0.2, 0.25) is 0 Å². The summed E-state index contributed by atoms with van der Waals surface area (Å²) in [5, 5.41) is 21.7. The van der Waals surface area contributed by atoms with Gasteiger partial charge in [-0.3, -0.25) is 24.4 Å². The van der Waals surface area contributed by atoms with E-state index in [1.54, 1.807) is 30.3 Å². The Bertz CT molecular complexity index is 1490. The molecule has 0 bridgehead atoms. The third kappa shape index (κ3) is 8.05. The first-order chi connectivity index (χ1) is 18.2. The Morgan fingerprint density at radius 3 is 1.74 bits per heavy atom. The molecule has 0 aliphatic rings. The van der Waals surface area contributed by atoms with Gasteiger partial charge in [0.15, 0.2) is 0 Å². The van der Waals surface area contributed by atoms with E-state index in [1.807, 2.05) is 49.4 Å². The molecule has 0 aliphatic carbocycles. The molecule has 0 heterocycles. The minimum absolute atomic E-state index is 0.0201. The Labute approximate surface area is 220 Å². The van der Waals surface area contributed by atoms with Crippen molar-refractivity contribution in [3.05, 3.63) is 146 Å². The smallest absolute Gasteiger partial charge is 0.261 e. The van der Waals surface area contributed by atoms with Crippen LogP contribution in [0.15, 0.2) is 108 Å². The standard InChI is InChI=1S/C14H13NO5S.C14H13NO2/c1-11-6-8-13(9-7-11)21(18,19)20-10-12-4-2-3-5-14(12)15(16)17;16-15(17)14-9-5-4-8-13(14)11-10-12-6-2-1-3-7-12/h2-9H,10H2,1H3;1-9H,10-11H2. The van der Waals surface area contributed by atoms with E-state index in [9.17, 15) is 28.6 Å². The molecule has 0 aliphatic heterocycles. The lowest BCUT2D eigenvalue weighted by atomic mass is 10.0. The number of benzene rings is 4. The maximum Gasteiger partial charge on any atom is 0.297 e. The highest BCUT2D eigenvalue weighted by molar-refractivity contribution is 7.86. The number of aryl methyl sites for hydroxylation is 3. The fraction of sp³-hybridized carbons (Fsp3) is 0.143. The van der Waals surface area contributed by atoms with Crippen molar-refractivity contribution >= 4 is 21.5 Å². The summed E-state index contributed by atoms with van der Waals surface area (Å²) in [7, 11) is -3.94. The molecule has 4 aromatic carbocycles. The van der Waals surface area contributed by atoms with Crippen LogP contribution in [0.4, 0.5) is 11.4 Å². The number of nitrogens with zero attached hydrogens (tertiary/aromatic N) is 2. The number of para-hydroxylation sites is 2. The summed E-state index contributed by atoms with van der Waals surface area (Å²) in [4.78, 5) is 20.8. The monoisotopic (exact) mass is 534 g/mol. The van der Waals surface area contributed by atoms with E-state index in [0.717, 1.165) is 17.5 Å². The van der Waals surface area contributed by atoms with Gasteiger partial charge >= 0.3 is 0 Å². The van der Waals surface area contributed by atoms with Crippen LogP contribution in [-0.4, -0.2) is 18.3 Å². The Morgan fingerprint density at radius 2 is 1.16 bits per heavy atom. The molecule has 0 atom stereocenters. The molecular weight excluding hydrogens is 508 g/mol. The van der Waals surface area contributed by atoms with Crippen LogP contribution in [-0.2, 0) is 33.7 Å². The second-order valence-corrected chi connectivity index (χ2v) is 9.90. The van der Waals surface area contributed by atoms with Gasteiger partial charge in [0.25, 0.3) is 21.5 Å². The van der Waals surface area contributed by atoms with Gasteiger partial charge in [-0.2, -0.15) is 8.42 Å². The molecule has 38 heavy (non-hydrogen) atoms. The maximum atomic E-state index is 12.0. The van der Waals surface area contributed by atoms with Gasteiger partial charge in [0.2, 0.25) is 0 Å². The largest absolute Gasteiger partial charge is 0.297 e. The van der Waals surface area contributed by atoms with Crippen molar-refractivity contribution in [2.45, 2.75) is 31.3 Å². The molecule has 0 N–H and O–H groups in total. The van der Waals surface area contributed by atoms with Crippen LogP contribution >= 0.6 is 0 Å². The van der Waals surface area contributed by atoms with E-state index in [4.69, 9.17) is 4.18 Å². The zero-order valence-corrected chi connectivity index (χ0v) is 21.4. The van der Waals surface area contributed by atoms with Gasteiger partial charge < -0.3 is 0 Å². The summed E-state index contributed by atoms with van der Waals surface area (Å²) in [6.07, 6.45) is 1.52. The first-order valence-corrected chi connectivity index (χ1v) is 13.0. The Balaban J connectivity index is 0.000000215. The van der Waals surface area contributed by atoms with Crippen molar-refractivity contribution in [1.82, 2.24) is 0 Å². The molecule has 0 saturated carbocycles. The normalized spacial score (nSPS) is 10.8. The van der Waals surface area contributed by atoms with Crippen LogP contribution in [0.3, 0.4) is 0 Å². The van der Waals surface area contributed by atoms with Gasteiger partial charge in [0.05, 0.1) is 26.9 Å². The summed E-state index contributed by atoms with van der Waals surface area (Å²) >= 11 is 0. The van der Waals surface area contributed by atoms with Crippen molar-refractivity contribution < 1.29 is 22.4 Å². The third-order valence-corrected chi connectivity index (χ3v) is 6.86. The molecule has 9 nitrogen and oxygen atoms in total. The highest BCUT2D eigenvalue weighted by Crippen LogP contribution is 2.22. The Hall–Kier alpha value is -4.41. The molecule has 4 aromatic rings. The van der Waals surface area contributed by atoms with Crippen molar-refractivity contribution in [3.63, 3.8) is 0 Å². The molecule has 4 rings (SSSR count). The molecule has 0 unspecified atom stereocenters. The lowest BCUT2D eigenvalue weighted by Gasteiger charge is -2.06. The molecule has 0 aromatic heterocycles. The maximum absolute atomic E-state index is 12.0. The molecule has 0 amide bonds. The van der Waals surface area contributed by atoms with Gasteiger partial charge in [-0.15, -0.1) is 0 Å². The second kappa shape index (κ2) is 13.2. The average molecular weight is 535 g/mol. The van der Waals surface area contributed by atoms with E-state index >= 15 is 0 Å². The molecule has 0 radical (unpaired) electrons. The average Bonchev–Trinajstić information content (AvgIpc) is 2.92. The molecule has 0 saturated heterocycles. The number of hydrogen-bond acceptors (Lipinski definition) is 7. The van der Waals surface area contributed by atoms with Crippen molar-refractivity contribution in [2.24, 2.45) is 0 Å². The number of nitro benzene ring substituents is 2. The number of rotatable bonds is 9. The number of nitro groups is 2. The van der Waals surface area contributed by atoms with Gasteiger partial charge in [0.1, 0.15) is 0 Å². The number of hydrogen-bond donors (Lipinski definition) is 0. The van der Waals surface area contributed by atoms with Gasteiger partial charge in [-0.05, 0) is 43.5 Å². The Kier molecular flexibility index (Phi) is 9.80. The van der Waals surface area contributed by atoms with Crippen LogP contribution in [0.25, 0.3) is 0 Å². The molecule has 0 spiro atoms. The predicted molar refractivity (Wildman–Crippen MR) is 143 cm³/mol. The quantitative estimate of drug-likeness (QED) is 0.142. The zero-order chi connectivity index (χ0) is 27.5. The van der Waals surface area contributed by atoms with Crippen LogP contribution < -0.4 is 0 Å². The van der Waals surface area contributed by atoms with Gasteiger partial charge in [-0.25, -0.2) is 0 Å². The van der Waals surface area contributed by atoms with Gasteiger partial charge in [-0.1, -0.05) is 78.4 Å². The highest BCUT2D eigenvalue weighted by atomic mass is 32.2. The van der Waals surface area contributed by atoms with Crippen molar-refractivity contribution in [1.29, 1.82) is 0 Å². The fourth-order valence-electron chi connectivity index (χ4n) is 3.55. The van der Waals surface area contributed by atoms with E-state index in [2.05, 4.69) is 0 Å². The SMILES string of the molecule is Cc1ccc(S(=O)(=O)OCc2ccccc2[N+](=O)[O-])cc1.O=[N+]([O-])c1ccccc1CCc1ccccc1. The zero-order valence-electron chi connectivity index (χ0n) is 20.6. The highest BCUT2D eigenvalue weighted by Gasteiger charge is 2.19. The third-order valence-electron chi connectivity index (χ3n) is 5.58. The summed E-state index contributed by atoms with van der Waals surface area (Å²) in [6, 6.07) is 29.0. The summed E-state index contributed by atoms with van der Waals surface area (Å²) < 4.78 is 28.9. The van der Waals surface area contributed by atoms with Gasteiger partial charge in [0, 0.05) is 17.7 Å². The predicted octanol–water partition coefficient (Wildman–Crippen LogP) is 6.19. The van der Waals surface area contributed by atoms with E-state index < -0.39 is 15.0 Å². The molecular formula is C28H26N2O7S. The first-order valence-electron chi connectivity index (χ1n) is 11.6. The minimum Gasteiger partial charge on any atom is -0.261 e. The second-order valence-electron chi connectivity index (χ2n) is 8.29. The van der Waals surface area contributed by atoms with E-state index in [1.165, 1.54) is 35.9 Å². The van der Waals surface area contributed by atoms with Crippen molar-refractivity contribution in [2.75, 3.05) is 0 Å². The fourth-order valence-corrected chi connectivity index (χ4v) is 4.44. The topological polar surface area (TPSA) is 130 Å². The lowest BCUT2D eigenvalue weighted by Crippen LogP contribution is -2.07. The van der Waals surface area contributed by atoms with Crippen LogP contribution in [0.1, 0.15) is 22.3 Å². The summed E-state index contributed by atoms with van der Waals surface area (Å²) in [6.45, 7) is 1.46. The first kappa shape index (κ1) is 28.2. The van der Waals surface area contributed by atoms with E-state index in [-0.39, 0.29) is 33.4 Å². The lowest BCUT2D eigenvalue weighted by molar-refractivity contribution is -0.385. The summed E-state index contributed by atoms with van der Waals surface area (Å²) in [5.74, 6) is 0.